The summed E-state index contributed by atoms with van der Waals surface area (Å²) in [6, 6.07) is 17.5. The zero-order valence-corrected chi connectivity index (χ0v) is 18.4. The lowest BCUT2D eigenvalue weighted by atomic mass is 9.68. The Morgan fingerprint density at radius 2 is 1.69 bits per heavy atom. The lowest BCUT2D eigenvalue weighted by molar-refractivity contribution is -0.123. The Bertz CT molecular complexity index is 1040. The van der Waals surface area contributed by atoms with Crippen LogP contribution in [0.25, 0.3) is 0 Å². The SMILES string of the molecule is NC(=O)C1CCN(C(=O)c2ccc3c(c2)C2C4CCC(C4)C2C(c2ccccc2)N3)CC1. The maximum Gasteiger partial charge on any atom is 0.253 e. The first-order valence-corrected chi connectivity index (χ1v) is 12.1. The largest absolute Gasteiger partial charge is 0.378 e. The van der Waals surface area contributed by atoms with Crippen LogP contribution in [0.5, 0.6) is 0 Å². The van der Waals surface area contributed by atoms with Crippen LogP contribution in [0.4, 0.5) is 5.69 Å². The second kappa shape index (κ2) is 7.65. The van der Waals surface area contributed by atoms with Gasteiger partial charge in [-0.25, -0.2) is 0 Å². The van der Waals surface area contributed by atoms with Gasteiger partial charge >= 0.3 is 0 Å². The van der Waals surface area contributed by atoms with Gasteiger partial charge < -0.3 is 16.0 Å². The number of likely N-dealkylation sites (tertiary alicyclic amines) is 1. The molecule has 2 aliphatic heterocycles. The molecule has 5 nitrogen and oxygen atoms in total. The van der Waals surface area contributed by atoms with Gasteiger partial charge in [0, 0.05) is 30.3 Å². The third kappa shape index (κ3) is 3.13. The molecule has 2 heterocycles. The van der Waals surface area contributed by atoms with Gasteiger partial charge in [-0.15, -0.1) is 0 Å². The van der Waals surface area contributed by atoms with Crippen molar-refractivity contribution in [3.8, 4) is 0 Å². The normalized spacial score (nSPS) is 31.0. The molecule has 5 unspecified atom stereocenters. The summed E-state index contributed by atoms with van der Waals surface area (Å²) in [5.41, 5.74) is 10.1. The van der Waals surface area contributed by atoms with E-state index < -0.39 is 0 Å². The van der Waals surface area contributed by atoms with E-state index in [1.54, 1.807) is 0 Å². The number of amides is 2. The topological polar surface area (TPSA) is 75.4 Å². The van der Waals surface area contributed by atoms with Crippen LogP contribution >= 0.6 is 0 Å². The van der Waals surface area contributed by atoms with E-state index in [9.17, 15) is 9.59 Å². The van der Waals surface area contributed by atoms with E-state index in [1.807, 2.05) is 11.0 Å². The van der Waals surface area contributed by atoms with E-state index >= 15 is 0 Å². The molecule has 2 aromatic carbocycles. The highest BCUT2D eigenvalue weighted by atomic mass is 16.2. The Hall–Kier alpha value is -2.82. The summed E-state index contributed by atoms with van der Waals surface area (Å²) in [7, 11) is 0. The van der Waals surface area contributed by atoms with Crippen LogP contribution in [0.15, 0.2) is 48.5 Å². The third-order valence-electron chi connectivity index (χ3n) is 8.68. The van der Waals surface area contributed by atoms with E-state index in [2.05, 4.69) is 47.8 Å². The maximum atomic E-state index is 13.3. The third-order valence-corrected chi connectivity index (χ3v) is 8.68. The monoisotopic (exact) mass is 429 g/mol. The molecule has 6 rings (SSSR count). The summed E-state index contributed by atoms with van der Waals surface area (Å²) in [6.45, 7) is 1.21. The van der Waals surface area contributed by atoms with E-state index in [4.69, 9.17) is 5.73 Å². The van der Waals surface area contributed by atoms with Gasteiger partial charge in [-0.1, -0.05) is 30.3 Å². The molecule has 32 heavy (non-hydrogen) atoms. The molecule has 2 amide bonds. The minimum Gasteiger partial charge on any atom is -0.378 e. The number of rotatable bonds is 3. The van der Waals surface area contributed by atoms with Crippen molar-refractivity contribution in [3.63, 3.8) is 0 Å². The predicted molar refractivity (Wildman–Crippen MR) is 124 cm³/mol. The van der Waals surface area contributed by atoms with Gasteiger partial charge in [0.1, 0.15) is 0 Å². The Kier molecular flexibility index (Phi) is 4.74. The number of hydrogen-bond donors (Lipinski definition) is 2. The van der Waals surface area contributed by atoms with Crippen molar-refractivity contribution in [1.29, 1.82) is 0 Å². The average Bonchev–Trinajstić information content (AvgIpc) is 3.46. The first kappa shape index (κ1) is 19.8. The van der Waals surface area contributed by atoms with E-state index in [1.165, 1.54) is 36.1 Å². The quantitative estimate of drug-likeness (QED) is 0.763. The maximum absolute atomic E-state index is 13.3. The van der Waals surface area contributed by atoms with Gasteiger partial charge in [-0.2, -0.15) is 0 Å². The highest BCUT2D eigenvalue weighted by Gasteiger charge is 2.53. The van der Waals surface area contributed by atoms with Crippen LogP contribution < -0.4 is 11.1 Å². The number of carbonyl (C=O) groups is 2. The van der Waals surface area contributed by atoms with Crippen LogP contribution in [0.1, 0.15) is 65.5 Å². The molecule has 1 saturated heterocycles. The molecular formula is C27H31N3O2. The number of carbonyl (C=O) groups excluding carboxylic acids is 2. The van der Waals surface area contributed by atoms with Crippen molar-refractivity contribution in [3.05, 3.63) is 65.2 Å². The standard InChI is InChI=1S/C27H31N3O2/c28-26(31)17-10-12-30(13-11-17)27(32)20-8-9-22-21(15-20)23-18-6-7-19(14-18)24(23)25(29-22)16-4-2-1-3-5-16/h1-5,8-9,15,17-19,23-25,29H,6-7,10-14H2,(H2,28,31). The van der Waals surface area contributed by atoms with Gasteiger partial charge in [0.05, 0.1) is 6.04 Å². The Morgan fingerprint density at radius 3 is 2.44 bits per heavy atom. The molecule has 4 aliphatic rings. The van der Waals surface area contributed by atoms with Crippen LogP contribution in [0, 0.1) is 23.7 Å². The van der Waals surface area contributed by atoms with E-state index in [-0.39, 0.29) is 17.7 Å². The van der Waals surface area contributed by atoms with Gasteiger partial charge in [-0.3, -0.25) is 9.59 Å². The van der Waals surface area contributed by atoms with Crippen LogP contribution in [-0.2, 0) is 4.79 Å². The summed E-state index contributed by atoms with van der Waals surface area (Å²) < 4.78 is 0. The van der Waals surface area contributed by atoms with Crippen molar-refractivity contribution >= 4 is 17.5 Å². The van der Waals surface area contributed by atoms with Gasteiger partial charge in [0.15, 0.2) is 0 Å². The number of benzene rings is 2. The molecule has 2 aromatic rings. The highest BCUT2D eigenvalue weighted by Crippen LogP contribution is 2.63. The molecule has 2 bridgehead atoms. The van der Waals surface area contributed by atoms with E-state index in [0.29, 0.717) is 43.8 Å². The number of fused-ring (bicyclic) bond motifs is 7. The fourth-order valence-corrected chi connectivity index (χ4v) is 7.16. The molecule has 2 saturated carbocycles. The molecule has 3 fully saturated rings. The molecular weight excluding hydrogens is 398 g/mol. The predicted octanol–water partition coefficient (Wildman–Crippen LogP) is 4.32. The zero-order valence-electron chi connectivity index (χ0n) is 18.4. The summed E-state index contributed by atoms with van der Waals surface area (Å²) in [5.74, 6) is 2.37. The molecule has 2 aliphatic carbocycles. The fraction of sp³-hybridized carbons (Fsp3) is 0.481. The molecule has 166 valence electrons. The minimum absolute atomic E-state index is 0.0839. The van der Waals surface area contributed by atoms with Gasteiger partial charge in [0.2, 0.25) is 5.91 Å². The number of nitrogens with one attached hydrogen (secondary N) is 1. The summed E-state index contributed by atoms with van der Waals surface area (Å²) >= 11 is 0. The Labute approximate surface area is 189 Å². The van der Waals surface area contributed by atoms with Crippen LogP contribution in [0.2, 0.25) is 0 Å². The summed E-state index contributed by atoms with van der Waals surface area (Å²) in [5, 5.41) is 3.86. The molecule has 0 aromatic heterocycles. The second-order valence-corrected chi connectivity index (χ2v) is 10.2. The number of hydrogen-bond acceptors (Lipinski definition) is 3. The summed E-state index contributed by atoms with van der Waals surface area (Å²) in [6.07, 6.45) is 5.30. The number of nitrogens with zero attached hydrogens (tertiary/aromatic N) is 1. The van der Waals surface area contributed by atoms with E-state index in [0.717, 1.165) is 17.4 Å². The van der Waals surface area contributed by atoms with Crippen molar-refractivity contribution in [2.45, 2.75) is 44.1 Å². The molecule has 0 radical (unpaired) electrons. The number of piperidine rings is 1. The average molecular weight is 430 g/mol. The lowest BCUT2D eigenvalue weighted by Gasteiger charge is -2.43. The van der Waals surface area contributed by atoms with Crippen LogP contribution in [-0.4, -0.2) is 29.8 Å². The minimum atomic E-state index is -0.243. The number of primary amides is 1. The number of nitrogens with two attached hydrogens (primary N) is 1. The Balaban J connectivity index is 1.30. The van der Waals surface area contributed by atoms with Crippen LogP contribution in [0.3, 0.4) is 0 Å². The van der Waals surface area contributed by atoms with Crippen molar-refractivity contribution in [2.24, 2.45) is 29.4 Å². The molecule has 0 spiro atoms. The zero-order chi connectivity index (χ0) is 21.8. The fourth-order valence-electron chi connectivity index (χ4n) is 7.16. The first-order valence-electron chi connectivity index (χ1n) is 12.1. The highest BCUT2D eigenvalue weighted by molar-refractivity contribution is 5.95. The smallest absolute Gasteiger partial charge is 0.253 e. The molecule has 5 heteroatoms. The van der Waals surface area contributed by atoms with Gasteiger partial charge in [0.25, 0.3) is 5.91 Å². The molecule has 5 atom stereocenters. The van der Waals surface area contributed by atoms with Crippen molar-refractivity contribution in [2.75, 3.05) is 18.4 Å². The Morgan fingerprint density at radius 1 is 0.938 bits per heavy atom. The first-order chi connectivity index (χ1) is 15.6. The van der Waals surface area contributed by atoms with Gasteiger partial charge in [-0.05, 0) is 85.1 Å². The van der Waals surface area contributed by atoms with Crippen molar-refractivity contribution < 1.29 is 9.59 Å². The lowest BCUT2D eigenvalue weighted by Crippen LogP contribution is -2.42. The second-order valence-electron chi connectivity index (χ2n) is 10.2. The van der Waals surface area contributed by atoms with Crippen molar-refractivity contribution in [1.82, 2.24) is 4.90 Å². The number of anilines is 1. The summed E-state index contributed by atoms with van der Waals surface area (Å²) in [4.78, 5) is 26.7. The molecule has 3 N–H and O–H groups in total.